The summed E-state index contributed by atoms with van der Waals surface area (Å²) >= 11 is 0. The van der Waals surface area contributed by atoms with E-state index in [4.69, 9.17) is 0 Å². The number of nitrogens with zero attached hydrogens (tertiary/aromatic N) is 1. The number of amides is 4. The summed E-state index contributed by atoms with van der Waals surface area (Å²) in [5, 5.41) is 2.40. The van der Waals surface area contributed by atoms with Crippen LogP contribution in [-0.4, -0.2) is 28.3 Å². The smallest absolute Gasteiger partial charge is 0.277 e. The largest absolute Gasteiger partial charge is 0.331 e. The van der Waals surface area contributed by atoms with Gasteiger partial charge in [0, 0.05) is 0 Å². The number of carbonyl (C=O) groups excluding carboxylic acids is 3. The lowest BCUT2D eigenvalue weighted by molar-refractivity contribution is -0.160. The van der Waals surface area contributed by atoms with E-state index in [0.717, 1.165) is 19.3 Å². The molecule has 0 aromatic rings. The highest BCUT2D eigenvalue weighted by Crippen LogP contribution is 2.58. The second-order valence-electron chi connectivity index (χ2n) is 8.17. The molecule has 0 spiro atoms. The first-order valence-corrected chi connectivity index (χ1v) is 8.02. The molecule has 4 bridgehead atoms. The van der Waals surface area contributed by atoms with E-state index in [-0.39, 0.29) is 11.4 Å². The van der Waals surface area contributed by atoms with E-state index in [1.807, 2.05) is 0 Å². The number of carbonyl (C=O) groups is 3. The summed E-state index contributed by atoms with van der Waals surface area (Å²) in [7, 11) is 0. The van der Waals surface area contributed by atoms with Crippen molar-refractivity contribution in [1.82, 2.24) is 10.2 Å². The van der Waals surface area contributed by atoms with Gasteiger partial charge in [-0.2, -0.15) is 0 Å². The molecule has 1 saturated heterocycles. The van der Waals surface area contributed by atoms with Crippen LogP contribution in [-0.2, 0) is 9.59 Å². The lowest BCUT2D eigenvalue weighted by atomic mass is 9.52. The molecule has 5 aliphatic rings. The van der Waals surface area contributed by atoms with Crippen molar-refractivity contribution in [2.45, 2.75) is 57.9 Å². The number of barbiturate groups is 1. The maximum atomic E-state index is 12.8. The molecule has 5 nitrogen and oxygen atoms in total. The molecule has 0 radical (unpaired) electrons. The van der Waals surface area contributed by atoms with Crippen LogP contribution in [0.1, 0.15) is 52.4 Å². The third kappa shape index (κ3) is 1.66. The van der Waals surface area contributed by atoms with Crippen molar-refractivity contribution in [3.8, 4) is 0 Å². The quantitative estimate of drug-likeness (QED) is 0.752. The second kappa shape index (κ2) is 3.87. The van der Waals surface area contributed by atoms with Gasteiger partial charge in [0.15, 0.2) is 0 Å². The Morgan fingerprint density at radius 3 is 1.90 bits per heavy atom. The van der Waals surface area contributed by atoms with Crippen molar-refractivity contribution in [3.05, 3.63) is 0 Å². The summed E-state index contributed by atoms with van der Waals surface area (Å²) in [6.07, 6.45) is 6.56. The van der Waals surface area contributed by atoms with Gasteiger partial charge in [-0.15, -0.1) is 0 Å². The van der Waals surface area contributed by atoms with E-state index in [2.05, 4.69) is 5.32 Å². The molecule has 5 rings (SSSR count). The molecule has 114 valence electrons. The van der Waals surface area contributed by atoms with Crippen LogP contribution in [0.15, 0.2) is 0 Å². The highest BCUT2D eigenvalue weighted by atomic mass is 16.2. The van der Waals surface area contributed by atoms with Gasteiger partial charge in [0.1, 0.15) is 5.41 Å². The van der Waals surface area contributed by atoms with E-state index in [1.54, 1.807) is 13.8 Å². The molecule has 0 aromatic carbocycles. The van der Waals surface area contributed by atoms with Crippen LogP contribution in [0.3, 0.4) is 0 Å². The van der Waals surface area contributed by atoms with Crippen molar-refractivity contribution in [3.63, 3.8) is 0 Å². The molecule has 1 heterocycles. The number of hydrogen-bond donors (Lipinski definition) is 1. The Bertz CT molecular complexity index is 516. The summed E-state index contributed by atoms with van der Waals surface area (Å²) in [6.45, 7) is 3.23. The molecule has 4 aliphatic carbocycles. The maximum absolute atomic E-state index is 12.8. The summed E-state index contributed by atoms with van der Waals surface area (Å²) < 4.78 is 0. The molecule has 0 unspecified atom stereocenters. The lowest BCUT2D eigenvalue weighted by Gasteiger charge is -2.60. The van der Waals surface area contributed by atoms with Crippen LogP contribution >= 0.6 is 0 Å². The van der Waals surface area contributed by atoms with Gasteiger partial charge in [-0.25, -0.2) is 4.79 Å². The SMILES string of the molecule is CC1(C)C(=O)NC(=O)N(C23CC4CC(CC(C4)C2)C3)C1=O. The predicted molar refractivity (Wildman–Crippen MR) is 75.1 cm³/mol. The predicted octanol–water partition coefficient (Wildman–Crippen LogP) is 2.06. The zero-order chi connectivity index (χ0) is 15.0. The van der Waals surface area contributed by atoms with Crippen molar-refractivity contribution in [2.24, 2.45) is 23.2 Å². The van der Waals surface area contributed by atoms with Crippen LogP contribution < -0.4 is 5.32 Å². The van der Waals surface area contributed by atoms with Gasteiger partial charge in [0.2, 0.25) is 11.8 Å². The maximum Gasteiger partial charge on any atom is 0.331 e. The number of rotatable bonds is 1. The van der Waals surface area contributed by atoms with Crippen LogP contribution in [0.25, 0.3) is 0 Å². The average molecular weight is 290 g/mol. The van der Waals surface area contributed by atoms with Gasteiger partial charge in [-0.05, 0) is 70.1 Å². The Labute approximate surface area is 124 Å². The monoisotopic (exact) mass is 290 g/mol. The number of imide groups is 2. The molecular weight excluding hydrogens is 268 g/mol. The Morgan fingerprint density at radius 1 is 0.952 bits per heavy atom. The molecule has 4 amide bonds. The molecule has 5 heteroatoms. The molecule has 5 fully saturated rings. The Hall–Kier alpha value is -1.39. The molecule has 21 heavy (non-hydrogen) atoms. The standard InChI is InChI=1S/C16H22N2O3/c1-15(2)12(19)17-14(21)18(13(15)20)16-6-9-3-10(7-16)5-11(4-9)8-16/h9-11H,3-8H2,1-2H3,(H,17,19,21). The molecule has 0 atom stereocenters. The normalized spacial score (nSPS) is 44.2. The minimum absolute atomic E-state index is 0.307. The van der Waals surface area contributed by atoms with Crippen LogP contribution in [0.4, 0.5) is 4.79 Å². The average Bonchev–Trinajstić information content (AvgIpc) is 2.34. The summed E-state index contributed by atoms with van der Waals surface area (Å²) in [5.41, 5.74) is -1.47. The van der Waals surface area contributed by atoms with Crippen molar-refractivity contribution in [2.75, 3.05) is 0 Å². The fourth-order valence-electron chi connectivity index (χ4n) is 5.55. The Morgan fingerprint density at radius 2 is 1.43 bits per heavy atom. The third-order valence-electron chi connectivity index (χ3n) is 6.21. The van der Waals surface area contributed by atoms with E-state index in [9.17, 15) is 14.4 Å². The van der Waals surface area contributed by atoms with Gasteiger partial charge in [-0.3, -0.25) is 19.8 Å². The van der Waals surface area contributed by atoms with Crippen LogP contribution in [0.2, 0.25) is 0 Å². The topological polar surface area (TPSA) is 66.5 Å². The fourth-order valence-corrected chi connectivity index (χ4v) is 5.55. The third-order valence-corrected chi connectivity index (χ3v) is 6.21. The summed E-state index contributed by atoms with van der Waals surface area (Å²) in [6, 6.07) is -0.494. The molecule has 0 aromatic heterocycles. The Kier molecular flexibility index (Phi) is 2.45. The molecule has 1 aliphatic heterocycles. The zero-order valence-corrected chi connectivity index (χ0v) is 12.6. The first-order chi connectivity index (χ1) is 9.82. The van der Waals surface area contributed by atoms with Crippen LogP contribution in [0.5, 0.6) is 0 Å². The Balaban J connectivity index is 1.73. The van der Waals surface area contributed by atoms with Crippen molar-refractivity contribution >= 4 is 17.8 Å². The van der Waals surface area contributed by atoms with E-state index in [0.29, 0.717) is 17.8 Å². The van der Waals surface area contributed by atoms with E-state index in [1.165, 1.54) is 24.2 Å². The lowest BCUT2D eigenvalue weighted by Crippen LogP contribution is -2.71. The molecular formula is C16H22N2O3. The number of hydrogen-bond acceptors (Lipinski definition) is 3. The first-order valence-electron chi connectivity index (χ1n) is 8.02. The van der Waals surface area contributed by atoms with Gasteiger partial charge in [0.25, 0.3) is 0 Å². The highest BCUT2D eigenvalue weighted by Gasteiger charge is 2.60. The number of nitrogens with one attached hydrogen (secondary N) is 1. The number of urea groups is 1. The van der Waals surface area contributed by atoms with Gasteiger partial charge in [-0.1, -0.05) is 0 Å². The summed E-state index contributed by atoms with van der Waals surface area (Å²) in [5.74, 6) is 1.17. The molecule has 4 saturated carbocycles. The highest BCUT2D eigenvalue weighted by molar-refractivity contribution is 6.19. The first kappa shape index (κ1) is 13.3. The summed E-state index contributed by atoms with van der Waals surface area (Å²) in [4.78, 5) is 38.6. The van der Waals surface area contributed by atoms with E-state index < -0.39 is 17.4 Å². The van der Waals surface area contributed by atoms with Crippen LogP contribution in [0, 0.1) is 23.2 Å². The zero-order valence-electron chi connectivity index (χ0n) is 12.6. The van der Waals surface area contributed by atoms with Gasteiger partial charge in [0.05, 0.1) is 5.54 Å². The van der Waals surface area contributed by atoms with Gasteiger partial charge >= 0.3 is 6.03 Å². The molecule has 1 N–H and O–H groups in total. The van der Waals surface area contributed by atoms with Crippen molar-refractivity contribution in [1.29, 1.82) is 0 Å². The van der Waals surface area contributed by atoms with Gasteiger partial charge < -0.3 is 0 Å². The fraction of sp³-hybridized carbons (Fsp3) is 0.812. The minimum atomic E-state index is -1.14. The second-order valence-corrected chi connectivity index (χ2v) is 8.17. The van der Waals surface area contributed by atoms with Crippen molar-refractivity contribution < 1.29 is 14.4 Å². The van der Waals surface area contributed by atoms with E-state index >= 15 is 0 Å². The minimum Gasteiger partial charge on any atom is -0.277 e.